The first-order valence-electron chi connectivity index (χ1n) is 6.37. The summed E-state index contributed by atoms with van der Waals surface area (Å²) in [5, 5.41) is 15.6. The molecule has 19 heavy (non-hydrogen) atoms. The van der Waals surface area contributed by atoms with Crippen molar-refractivity contribution in [3.8, 4) is 0 Å². The predicted molar refractivity (Wildman–Crippen MR) is 77.5 cm³/mol. The van der Waals surface area contributed by atoms with Crippen molar-refractivity contribution in [2.24, 2.45) is 0 Å². The van der Waals surface area contributed by atoms with Crippen molar-refractivity contribution in [3.05, 3.63) is 52.3 Å². The van der Waals surface area contributed by atoms with Crippen molar-refractivity contribution >= 4 is 11.6 Å². The van der Waals surface area contributed by atoms with Crippen molar-refractivity contribution in [3.63, 3.8) is 0 Å². The van der Waals surface area contributed by atoms with Gasteiger partial charge in [-0.1, -0.05) is 41.4 Å². The third-order valence-corrected chi connectivity index (χ3v) is 3.59. The van der Waals surface area contributed by atoms with Crippen LogP contribution in [0, 0.1) is 6.92 Å². The van der Waals surface area contributed by atoms with Crippen molar-refractivity contribution in [2.45, 2.75) is 39.3 Å². The molecule has 1 N–H and O–H groups in total. The average Bonchev–Trinajstić information content (AvgIpc) is 2.72. The number of rotatable bonds is 3. The maximum Gasteiger partial charge on any atom is 0.130 e. The van der Waals surface area contributed by atoms with Crippen molar-refractivity contribution in [2.75, 3.05) is 0 Å². The lowest BCUT2D eigenvalue weighted by Crippen LogP contribution is -2.28. The highest BCUT2D eigenvalue weighted by molar-refractivity contribution is 6.31. The van der Waals surface area contributed by atoms with Gasteiger partial charge in [0.05, 0.1) is 16.9 Å². The topological polar surface area (TPSA) is 38.1 Å². The Morgan fingerprint density at radius 2 is 1.84 bits per heavy atom. The number of aromatic nitrogens is 2. The molecule has 0 aliphatic heterocycles. The lowest BCUT2D eigenvalue weighted by Gasteiger charge is -2.27. The summed E-state index contributed by atoms with van der Waals surface area (Å²) in [7, 11) is 0. The minimum Gasteiger partial charge on any atom is -0.379 e. The second kappa shape index (κ2) is 4.99. The Morgan fingerprint density at radius 3 is 2.37 bits per heavy atom. The van der Waals surface area contributed by atoms with Crippen molar-refractivity contribution in [1.82, 2.24) is 9.78 Å². The molecule has 0 radical (unpaired) electrons. The zero-order valence-corrected chi connectivity index (χ0v) is 12.4. The lowest BCUT2D eigenvalue weighted by molar-refractivity contribution is 0.0901. The summed E-state index contributed by atoms with van der Waals surface area (Å²) < 4.78 is 1.77. The predicted octanol–water partition coefficient (Wildman–Crippen LogP) is 3.68. The standard InChI is InChI=1S/C15H19ClN2O/c1-10(2)18-14(13(16)9-17-18)15(4,19)12-7-5-11(3)6-8-12/h5-10,19H,1-4H3. The molecule has 0 bridgehead atoms. The van der Waals surface area contributed by atoms with Gasteiger partial charge in [0.25, 0.3) is 0 Å². The molecule has 2 rings (SSSR count). The molecule has 0 spiro atoms. The molecule has 0 saturated heterocycles. The van der Waals surface area contributed by atoms with E-state index < -0.39 is 5.60 Å². The zero-order chi connectivity index (χ0) is 14.2. The van der Waals surface area contributed by atoms with E-state index in [1.807, 2.05) is 45.0 Å². The Balaban J connectivity index is 2.55. The molecule has 4 heteroatoms. The third-order valence-electron chi connectivity index (χ3n) is 3.31. The van der Waals surface area contributed by atoms with Gasteiger partial charge in [-0.2, -0.15) is 5.10 Å². The SMILES string of the molecule is Cc1ccc(C(C)(O)c2c(Cl)cnn2C(C)C)cc1. The van der Waals surface area contributed by atoms with Crippen molar-refractivity contribution in [1.29, 1.82) is 0 Å². The molecule has 0 fully saturated rings. The van der Waals surface area contributed by atoms with E-state index in [0.717, 1.165) is 11.1 Å². The van der Waals surface area contributed by atoms with Crippen LogP contribution >= 0.6 is 11.6 Å². The van der Waals surface area contributed by atoms with Gasteiger partial charge in [-0.05, 0) is 33.3 Å². The van der Waals surface area contributed by atoms with Gasteiger partial charge in [-0.3, -0.25) is 4.68 Å². The van der Waals surface area contributed by atoms with Crippen LogP contribution in [0.5, 0.6) is 0 Å². The largest absolute Gasteiger partial charge is 0.379 e. The molecule has 1 unspecified atom stereocenters. The van der Waals surface area contributed by atoms with Gasteiger partial charge >= 0.3 is 0 Å². The summed E-state index contributed by atoms with van der Waals surface area (Å²) in [4.78, 5) is 0. The van der Waals surface area contributed by atoms with E-state index >= 15 is 0 Å². The van der Waals surface area contributed by atoms with Gasteiger partial charge in [-0.15, -0.1) is 0 Å². The van der Waals surface area contributed by atoms with Crippen LogP contribution in [0.2, 0.25) is 5.02 Å². The quantitative estimate of drug-likeness (QED) is 0.930. The van der Waals surface area contributed by atoms with E-state index in [1.165, 1.54) is 0 Å². The molecule has 0 amide bonds. The maximum absolute atomic E-state index is 10.9. The summed E-state index contributed by atoms with van der Waals surface area (Å²) in [6.45, 7) is 7.79. The Labute approximate surface area is 118 Å². The molecule has 1 aromatic carbocycles. The molecular formula is C15H19ClN2O. The van der Waals surface area contributed by atoms with Crippen LogP contribution in [0.4, 0.5) is 0 Å². The number of nitrogens with zero attached hydrogens (tertiary/aromatic N) is 2. The van der Waals surface area contributed by atoms with Crippen LogP contribution in [0.25, 0.3) is 0 Å². The van der Waals surface area contributed by atoms with Gasteiger partial charge in [0.15, 0.2) is 0 Å². The molecule has 0 aliphatic carbocycles. The Bertz CT molecular complexity index is 570. The third kappa shape index (κ3) is 2.53. The molecule has 1 aromatic heterocycles. The Kier molecular flexibility index (Phi) is 3.70. The first kappa shape index (κ1) is 14.1. The lowest BCUT2D eigenvalue weighted by atomic mass is 9.91. The highest BCUT2D eigenvalue weighted by atomic mass is 35.5. The van der Waals surface area contributed by atoms with Crippen LogP contribution in [0.1, 0.15) is 43.6 Å². The maximum atomic E-state index is 10.9. The highest BCUT2D eigenvalue weighted by Crippen LogP contribution is 2.35. The molecule has 2 aromatic rings. The van der Waals surface area contributed by atoms with Crippen LogP contribution < -0.4 is 0 Å². The fourth-order valence-electron chi connectivity index (χ4n) is 2.20. The number of aryl methyl sites for hydroxylation is 1. The molecule has 3 nitrogen and oxygen atoms in total. The number of hydrogen-bond donors (Lipinski definition) is 1. The number of benzene rings is 1. The summed E-state index contributed by atoms with van der Waals surface area (Å²) in [5.41, 5.74) is 1.43. The first-order valence-corrected chi connectivity index (χ1v) is 6.75. The normalized spacial score (nSPS) is 14.7. The minimum atomic E-state index is -1.16. The van der Waals surface area contributed by atoms with E-state index in [9.17, 15) is 5.11 Å². The molecule has 1 heterocycles. The fraction of sp³-hybridized carbons (Fsp3) is 0.400. The number of hydrogen-bond acceptors (Lipinski definition) is 2. The number of halogens is 1. The van der Waals surface area contributed by atoms with Gasteiger partial charge < -0.3 is 5.11 Å². The van der Waals surface area contributed by atoms with Crippen LogP contribution in [0.3, 0.4) is 0 Å². The first-order chi connectivity index (χ1) is 8.84. The van der Waals surface area contributed by atoms with Gasteiger partial charge in [0.1, 0.15) is 5.60 Å². The molecule has 102 valence electrons. The average molecular weight is 279 g/mol. The summed E-state index contributed by atoms with van der Waals surface area (Å²) >= 11 is 6.21. The zero-order valence-electron chi connectivity index (χ0n) is 11.7. The fourth-order valence-corrected chi connectivity index (χ4v) is 2.52. The van der Waals surface area contributed by atoms with Crippen LogP contribution in [-0.4, -0.2) is 14.9 Å². The van der Waals surface area contributed by atoms with Gasteiger partial charge in [0.2, 0.25) is 0 Å². The molecule has 0 saturated carbocycles. The summed E-state index contributed by atoms with van der Waals surface area (Å²) in [6, 6.07) is 7.94. The van der Waals surface area contributed by atoms with Gasteiger partial charge in [-0.25, -0.2) is 0 Å². The van der Waals surface area contributed by atoms with Crippen molar-refractivity contribution < 1.29 is 5.11 Å². The van der Waals surface area contributed by atoms with E-state index in [-0.39, 0.29) is 6.04 Å². The summed E-state index contributed by atoms with van der Waals surface area (Å²) in [5.74, 6) is 0. The Morgan fingerprint density at radius 1 is 1.26 bits per heavy atom. The second-order valence-corrected chi connectivity index (χ2v) is 5.72. The minimum absolute atomic E-state index is 0.138. The Hall–Kier alpha value is -1.32. The van der Waals surface area contributed by atoms with Crippen LogP contribution in [-0.2, 0) is 5.60 Å². The second-order valence-electron chi connectivity index (χ2n) is 5.32. The van der Waals surface area contributed by atoms with E-state index in [4.69, 9.17) is 11.6 Å². The number of aliphatic hydroxyl groups is 1. The molecule has 0 aliphatic rings. The summed E-state index contributed by atoms with van der Waals surface area (Å²) in [6.07, 6.45) is 1.58. The smallest absolute Gasteiger partial charge is 0.130 e. The van der Waals surface area contributed by atoms with E-state index in [2.05, 4.69) is 5.10 Å². The monoisotopic (exact) mass is 278 g/mol. The molecule has 1 atom stereocenters. The highest BCUT2D eigenvalue weighted by Gasteiger charge is 2.32. The van der Waals surface area contributed by atoms with E-state index in [0.29, 0.717) is 10.7 Å². The van der Waals surface area contributed by atoms with E-state index in [1.54, 1.807) is 17.8 Å². The van der Waals surface area contributed by atoms with Crippen LogP contribution in [0.15, 0.2) is 30.5 Å². The van der Waals surface area contributed by atoms with Gasteiger partial charge in [0, 0.05) is 6.04 Å². The molecular weight excluding hydrogens is 260 g/mol.